The molecule has 4 nitrogen and oxygen atoms in total. The fraction of sp³-hybridized carbons (Fsp3) is 0.867. The van der Waals surface area contributed by atoms with Crippen LogP contribution in [-0.4, -0.2) is 28.5 Å². The Labute approximate surface area is 126 Å². The number of nitrogens with zero attached hydrogens (tertiary/aromatic N) is 3. The maximum absolute atomic E-state index is 5.71. The zero-order valence-electron chi connectivity index (χ0n) is 12.7. The van der Waals surface area contributed by atoms with E-state index in [2.05, 4.69) is 16.2 Å². The molecule has 1 fully saturated rings. The Morgan fingerprint density at radius 3 is 2.65 bits per heavy atom. The van der Waals surface area contributed by atoms with E-state index in [0.29, 0.717) is 6.04 Å². The normalized spacial score (nSPS) is 17.1. The van der Waals surface area contributed by atoms with Crippen LogP contribution in [0.15, 0.2) is 0 Å². The average molecular weight is 296 g/mol. The third kappa shape index (κ3) is 4.42. The van der Waals surface area contributed by atoms with Crippen molar-refractivity contribution in [2.24, 2.45) is 5.73 Å². The molecule has 1 aliphatic carbocycles. The van der Waals surface area contributed by atoms with Crippen LogP contribution < -0.4 is 10.6 Å². The van der Waals surface area contributed by atoms with Crippen molar-refractivity contribution >= 4 is 16.7 Å². The van der Waals surface area contributed by atoms with Crippen molar-refractivity contribution in [3.63, 3.8) is 0 Å². The lowest BCUT2D eigenvalue weighted by Crippen LogP contribution is -2.36. The molecule has 2 rings (SSSR count). The van der Waals surface area contributed by atoms with E-state index in [-0.39, 0.29) is 0 Å². The van der Waals surface area contributed by atoms with Crippen molar-refractivity contribution in [3.05, 3.63) is 5.82 Å². The first-order valence-corrected chi connectivity index (χ1v) is 8.91. The number of hydrogen-bond donors (Lipinski definition) is 1. The smallest absolute Gasteiger partial charge is 0.205 e. The van der Waals surface area contributed by atoms with Gasteiger partial charge in [0, 0.05) is 30.5 Å². The maximum atomic E-state index is 5.71. The summed E-state index contributed by atoms with van der Waals surface area (Å²) in [6, 6.07) is 0.645. The molecule has 0 unspecified atom stereocenters. The van der Waals surface area contributed by atoms with Crippen LogP contribution in [0.2, 0.25) is 0 Å². The minimum absolute atomic E-state index is 0.645. The van der Waals surface area contributed by atoms with E-state index in [1.54, 1.807) is 11.5 Å². The molecule has 0 atom stereocenters. The van der Waals surface area contributed by atoms with E-state index >= 15 is 0 Å². The first-order valence-electron chi connectivity index (χ1n) is 8.14. The molecule has 0 radical (unpaired) electrons. The summed E-state index contributed by atoms with van der Waals surface area (Å²) < 4.78 is 4.51. The maximum Gasteiger partial charge on any atom is 0.205 e. The minimum Gasteiger partial charge on any atom is -0.344 e. The summed E-state index contributed by atoms with van der Waals surface area (Å²) in [6.45, 7) is 3.96. The molecule has 0 saturated heterocycles. The lowest BCUT2D eigenvalue weighted by Gasteiger charge is -2.30. The Balaban J connectivity index is 2.07. The van der Waals surface area contributed by atoms with Crippen molar-refractivity contribution in [1.82, 2.24) is 9.36 Å². The molecule has 1 heterocycles. The van der Waals surface area contributed by atoms with Crippen LogP contribution in [0.1, 0.15) is 64.1 Å². The molecule has 1 aliphatic rings. The summed E-state index contributed by atoms with van der Waals surface area (Å²) in [6.07, 6.45) is 11.2. The van der Waals surface area contributed by atoms with Gasteiger partial charge in [-0.25, -0.2) is 4.98 Å². The first-order chi connectivity index (χ1) is 9.85. The van der Waals surface area contributed by atoms with Gasteiger partial charge in [0.1, 0.15) is 5.82 Å². The topological polar surface area (TPSA) is 55.0 Å². The lowest BCUT2D eigenvalue weighted by atomic mass is 10.1. The zero-order chi connectivity index (χ0) is 14.2. The van der Waals surface area contributed by atoms with Gasteiger partial charge in [0.05, 0.1) is 0 Å². The van der Waals surface area contributed by atoms with Crippen LogP contribution >= 0.6 is 11.5 Å². The SMILES string of the molecule is CCCc1nsc(N(CCCN)C2CCCCCC2)n1. The molecule has 20 heavy (non-hydrogen) atoms. The fourth-order valence-electron chi connectivity index (χ4n) is 2.95. The molecule has 1 aromatic rings. The quantitative estimate of drug-likeness (QED) is 0.784. The molecule has 1 saturated carbocycles. The Bertz CT molecular complexity index is 372. The molecule has 1 aromatic heterocycles. The van der Waals surface area contributed by atoms with E-state index in [1.165, 1.54) is 38.5 Å². The fourth-order valence-corrected chi connectivity index (χ4v) is 3.76. The third-order valence-electron chi connectivity index (χ3n) is 4.05. The standard InChI is InChI=1S/C15H28N4S/c1-2-8-14-17-15(20-18-14)19(12-7-11-16)13-9-5-3-4-6-10-13/h13H,2-12,16H2,1H3. The van der Waals surface area contributed by atoms with E-state index < -0.39 is 0 Å². The third-order valence-corrected chi connectivity index (χ3v) is 4.84. The predicted octanol–water partition coefficient (Wildman–Crippen LogP) is 3.37. The second-order valence-electron chi connectivity index (χ2n) is 5.72. The number of anilines is 1. The summed E-state index contributed by atoms with van der Waals surface area (Å²) >= 11 is 1.57. The number of aryl methyl sites for hydroxylation is 1. The molecule has 2 N–H and O–H groups in total. The molecule has 0 aromatic carbocycles. The lowest BCUT2D eigenvalue weighted by molar-refractivity contribution is 0.518. The predicted molar refractivity (Wildman–Crippen MR) is 86.4 cm³/mol. The van der Waals surface area contributed by atoms with Crippen molar-refractivity contribution in [2.45, 2.75) is 70.8 Å². The highest BCUT2D eigenvalue weighted by Crippen LogP contribution is 2.28. The molecule has 0 aliphatic heterocycles. The monoisotopic (exact) mass is 296 g/mol. The van der Waals surface area contributed by atoms with Gasteiger partial charge >= 0.3 is 0 Å². The van der Waals surface area contributed by atoms with Gasteiger partial charge in [-0.1, -0.05) is 32.6 Å². The Hall–Kier alpha value is -0.680. The number of nitrogens with two attached hydrogens (primary N) is 1. The van der Waals surface area contributed by atoms with E-state index in [9.17, 15) is 0 Å². The highest BCUT2D eigenvalue weighted by Gasteiger charge is 2.22. The van der Waals surface area contributed by atoms with Crippen molar-refractivity contribution in [1.29, 1.82) is 0 Å². The van der Waals surface area contributed by atoms with Crippen LogP contribution in [0.4, 0.5) is 5.13 Å². The summed E-state index contributed by atoms with van der Waals surface area (Å²) in [5.41, 5.74) is 5.71. The van der Waals surface area contributed by atoms with Gasteiger partial charge in [-0.2, -0.15) is 4.37 Å². The Morgan fingerprint density at radius 1 is 1.25 bits per heavy atom. The summed E-state index contributed by atoms with van der Waals surface area (Å²) in [5, 5.41) is 1.12. The Morgan fingerprint density at radius 2 is 2.00 bits per heavy atom. The minimum atomic E-state index is 0.645. The molecule has 0 spiro atoms. The van der Waals surface area contributed by atoms with Crippen LogP contribution in [-0.2, 0) is 6.42 Å². The molecular formula is C15H28N4S. The van der Waals surface area contributed by atoms with Gasteiger partial charge in [0.25, 0.3) is 0 Å². The molecule has 0 bridgehead atoms. The number of rotatable bonds is 7. The van der Waals surface area contributed by atoms with Crippen molar-refractivity contribution in [3.8, 4) is 0 Å². The van der Waals surface area contributed by atoms with Crippen LogP contribution in [0.25, 0.3) is 0 Å². The zero-order valence-corrected chi connectivity index (χ0v) is 13.5. The second kappa shape index (κ2) is 8.57. The second-order valence-corrected chi connectivity index (χ2v) is 6.45. The number of hydrogen-bond acceptors (Lipinski definition) is 5. The first kappa shape index (κ1) is 15.7. The van der Waals surface area contributed by atoms with Gasteiger partial charge in [0.2, 0.25) is 5.13 Å². The highest BCUT2D eigenvalue weighted by molar-refractivity contribution is 7.09. The van der Waals surface area contributed by atoms with E-state index in [4.69, 9.17) is 10.7 Å². The molecule has 0 amide bonds. The van der Waals surface area contributed by atoms with Crippen molar-refractivity contribution < 1.29 is 0 Å². The van der Waals surface area contributed by atoms with E-state index in [0.717, 1.165) is 43.3 Å². The van der Waals surface area contributed by atoms with Crippen LogP contribution in [0, 0.1) is 0 Å². The van der Waals surface area contributed by atoms with E-state index in [1.807, 2.05) is 0 Å². The summed E-state index contributed by atoms with van der Waals surface area (Å²) in [5.74, 6) is 1.01. The highest BCUT2D eigenvalue weighted by atomic mass is 32.1. The average Bonchev–Trinajstić information content (AvgIpc) is 2.74. The number of aromatic nitrogens is 2. The van der Waals surface area contributed by atoms with Gasteiger partial charge in [-0.15, -0.1) is 0 Å². The molecule has 5 heteroatoms. The van der Waals surface area contributed by atoms with Gasteiger partial charge in [-0.05, 0) is 32.2 Å². The van der Waals surface area contributed by atoms with Crippen LogP contribution in [0.3, 0.4) is 0 Å². The van der Waals surface area contributed by atoms with Crippen LogP contribution in [0.5, 0.6) is 0 Å². The van der Waals surface area contributed by atoms with Gasteiger partial charge < -0.3 is 10.6 Å². The molecule has 114 valence electrons. The molecular weight excluding hydrogens is 268 g/mol. The van der Waals surface area contributed by atoms with Gasteiger partial charge in [0.15, 0.2) is 0 Å². The van der Waals surface area contributed by atoms with Gasteiger partial charge in [-0.3, -0.25) is 0 Å². The summed E-state index contributed by atoms with van der Waals surface area (Å²) in [7, 11) is 0. The Kier molecular flexibility index (Phi) is 6.73. The largest absolute Gasteiger partial charge is 0.344 e. The summed E-state index contributed by atoms with van der Waals surface area (Å²) in [4.78, 5) is 7.25. The van der Waals surface area contributed by atoms with Crippen molar-refractivity contribution in [2.75, 3.05) is 18.0 Å².